The second-order valence-electron chi connectivity index (χ2n) is 8.96. The Hall–Kier alpha value is -2.67. The van der Waals surface area contributed by atoms with Gasteiger partial charge in [-0.05, 0) is 48.9 Å². The number of carbonyl (C=O) groups excluding carboxylic acids is 3. The molecule has 204 valence electrons. The second kappa shape index (κ2) is 12.9. The molecule has 1 aromatic carbocycles. The first-order chi connectivity index (χ1) is 18.3. The van der Waals surface area contributed by atoms with E-state index in [0.717, 1.165) is 45.7 Å². The van der Waals surface area contributed by atoms with Gasteiger partial charge in [-0.15, -0.1) is 23.1 Å². The molecule has 1 aliphatic rings. The Labute approximate surface area is 233 Å². The molecule has 1 unspecified atom stereocenters. The number of nitrogens with one attached hydrogen (secondary N) is 1. The van der Waals surface area contributed by atoms with Crippen molar-refractivity contribution in [3.05, 3.63) is 39.0 Å². The maximum absolute atomic E-state index is 12.7. The first-order valence-electron chi connectivity index (χ1n) is 12.2. The van der Waals surface area contributed by atoms with E-state index in [4.69, 9.17) is 14.2 Å². The van der Waals surface area contributed by atoms with Gasteiger partial charge in [0.05, 0.1) is 48.1 Å². The number of aromatic nitrogens is 1. The van der Waals surface area contributed by atoms with Crippen molar-refractivity contribution in [1.82, 2.24) is 4.57 Å². The number of fused-ring (bicyclic) bond motifs is 2. The molecule has 1 atom stereocenters. The Balaban J connectivity index is 1.42. The molecule has 0 saturated heterocycles. The van der Waals surface area contributed by atoms with Crippen molar-refractivity contribution in [2.24, 2.45) is 10.9 Å². The Kier molecular flexibility index (Phi) is 9.64. The minimum Gasteiger partial charge on any atom is -0.497 e. The summed E-state index contributed by atoms with van der Waals surface area (Å²) < 4.78 is 18.4. The zero-order valence-electron chi connectivity index (χ0n) is 21.8. The lowest BCUT2D eigenvalue weighted by Gasteiger charge is -2.18. The molecule has 2 amide bonds. The van der Waals surface area contributed by atoms with Gasteiger partial charge in [-0.25, -0.2) is 4.79 Å². The molecular formula is C26H31N3O6S3. The Morgan fingerprint density at radius 3 is 2.74 bits per heavy atom. The van der Waals surface area contributed by atoms with E-state index in [2.05, 4.69) is 17.2 Å². The van der Waals surface area contributed by atoms with Crippen LogP contribution in [0, 0.1) is 5.92 Å². The van der Waals surface area contributed by atoms with Crippen molar-refractivity contribution >= 4 is 67.4 Å². The van der Waals surface area contributed by atoms with Crippen LogP contribution in [0.1, 0.15) is 34.1 Å². The van der Waals surface area contributed by atoms with Gasteiger partial charge in [0.2, 0.25) is 5.91 Å². The number of rotatable bonds is 10. The quantitative estimate of drug-likeness (QED) is 0.361. The first kappa shape index (κ1) is 28.3. The summed E-state index contributed by atoms with van der Waals surface area (Å²) in [4.78, 5) is 43.9. The molecule has 9 nitrogen and oxygen atoms in total. The standard InChI is InChI=1S/C26H31N3O6S3/c1-15-5-7-17-19(11-15)37-24(23(17)25(32)35-4)27-21(30)13-36-14-22(31)28-26-29(9-10-33-2)18-8-6-16(34-3)12-20(18)38-26/h6,8,12,15H,5,7,9-11,13-14H2,1-4H3,(H,27,30). The van der Waals surface area contributed by atoms with Crippen molar-refractivity contribution in [2.45, 2.75) is 32.7 Å². The van der Waals surface area contributed by atoms with Gasteiger partial charge >= 0.3 is 5.97 Å². The van der Waals surface area contributed by atoms with E-state index in [1.54, 1.807) is 14.2 Å². The van der Waals surface area contributed by atoms with Gasteiger partial charge in [0, 0.05) is 18.5 Å². The molecule has 2 aromatic heterocycles. The number of benzene rings is 1. The molecule has 1 aliphatic carbocycles. The number of thioether (sulfide) groups is 1. The van der Waals surface area contributed by atoms with E-state index >= 15 is 0 Å². The average molecular weight is 578 g/mol. The molecule has 0 radical (unpaired) electrons. The highest BCUT2D eigenvalue weighted by Crippen LogP contribution is 2.40. The first-order valence-corrected chi connectivity index (χ1v) is 15.0. The van der Waals surface area contributed by atoms with Crippen LogP contribution in [-0.4, -0.2) is 61.8 Å². The predicted octanol–water partition coefficient (Wildman–Crippen LogP) is 4.13. The summed E-state index contributed by atoms with van der Waals surface area (Å²) in [5.74, 6) is 0.347. The van der Waals surface area contributed by atoms with Crippen LogP contribution in [-0.2, 0) is 38.4 Å². The lowest BCUT2D eigenvalue weighted by molar-refractivity contribution is -0.115. The van der Waals surface area contributed by atoms with E-state index in [1.165, 1.54) is 41.5 Å². The smallest absolute Gasteiger partial charge is 0.341 e. The number of ether oxygens (including phenoxy) is 3. The number of thiophene rings is 1. The lowest BCUT2D eigenvalue weighted by Crippen LogP contribution is -2.20. The van der Waals surface area contributed by atoms with Crippen molar-refractivity contribution in [3.63, 3.8) is 0 Å². The summed E-state index contributed by atoms with van der Waals surface area (Å²) in [6.07, 6.45) is 2.69. The van der Waals surface area contributed by atoms with Crippen LogP contribution in [0.5, 0.6) is 5.75 Å². The molecule has 1 N–H and O–H groups in total. The third-order valence-corrected chi connectivity index (χ3v) is 9.37. The number of hydrogen-bond acceptors (Lipinski definition) is 9. The molecule has 12 heteroatoms. The summed E-state index contributed by atoms with van der Waals surface area (Å²) in [5.41, 5.74) is 2.39. The van der Waals surface area contributed by atoms with Crippen LogP contribution in [0.2, 0.25) is 0 Å². The average Bonchev–Trinajstić information content (AvgIpc) is 3.42. The molecule has 0 aliphatic heterocycles. The normalized spacial score (nSPS) is 15.4. The van der Waals surface area contributed by atoms with E-state index in [9.17, 15) is 14.4 Å². The lowest BCUT2D eigenvalue weighted by atomic mass is 9.88. The van der Waals surface area contributed by atoms with Crippen LogP contribution in [0.4, 0.5) is 5.00 Å². The predicted molar refractivity (Wildman–Crippen MR) is 152 cm³/mol. The topological polar surface area (TPSA) is 108 Å². The number of anilines is 1. The number of nitrogens with zero attached hydrogens (tertiary/aromatic N) is 2. The van der Waals surface area contributed by atoms with Gasteiger partial charge in [0.15, 0.2) is 4.80 Å². The summed E-state index contributed by atoms with van der Waals surface area (Å²) in [6.45, 7) is 3.22. The zero-order valence-corrected chi connectivity index (χ0v) is 24.3. The van der Waals surface area contributed by atoms with E-state index < -0.39 is 5.97 Å². The molecule has 0 spiro atoms. The molecular weight excluding hydrogens is 547 g/mol. The number of hydrogen-bond donors (Lipinski definition) is 1. The second-order valence-corrected chi connectivity index (χ2v) is 12.1. The number of methoxy groups -OCH3 is 3. The van der Waals surface area contributed by atoms with Crippen molar-refractivity contribution in [2.75, 3.05) is 44.8 Å². The third kappa shape index (κ3) is 6.48. The monoisotopic (exact) mass is 577 g/mol. The number of amides is 2. The van der Waals surface area contributed by atoms with Crippen molar-refractivity contribution < 1.29 is 28.6 Å². The fraction of sp³-hybridized carbons (Fsp3) is 0.462. The maximum Gasteiger partial charge on any atom is 0.341 e. The highest BCUT2D eigenvalue weighted by atomic mass is 32.2. The fourth-order valence-electron chi connectivity index (χ4n) is 4.35. The summed E-state index contributed by atoms with van der Waals surface area (Å²) in [7, 11) is 4.58. The van der Waals surface area contributed by atoms with Crippen molar-refractivity contribution in [1.29, 1.82) is 0 Å². The fourth-order valence-corrected chi connectivity index (χ4v) is 7.47. The van der Waals surface area contributed by atoms with Gasteiger partial charge < -0.3 is 24.1 Å². The molecule has 4 rings (SSSR count). The molecule has 0 fully saturated rings. The van der Waals surface area contributed by atoms with E-state index in [-0.39, 0.29) is 23.3 Å². The van der Waals surface area contributed by atoms with E-state index in [0.29, 0.717) is 34.4 Å². The van der Waals surface area contributed by atoms with Crippen LogP contribution in [0.3, 0.4) is 0 Å². The number of thiazole rings is 1. The van der Waals surface area contributed by atoms with Gasteiger partial charge in [-0.2, -0.15) is 4.99 Å². The van der Waals surface area contributed by atoms with Crippen molar-refractivity contribution in [3.8, 4) is 5.75 Å². The van der Waals surface area contributed by atoms with Gasteiger partial charge in [-0.3, -0.25) is 9.59 Å². The van der Waals surface area contributed by atoms with Crippen LogP contribution in [0.25, 0.3) is 10.2 Å². The third-order valence-electron chi connectivity index (χ3n) is 6.24. The summed E-state index contributed by atoms with van der Waals surface area (Å²) in [5, 5.41) is 3.40. The minimum atomic E-state index is -0.434. The largest absolute Gasteiger partial charge is 0.497 e. The molecule has 2 heterocycles. The Morgan fingerprint density at radius 2 is 2.00 bits per heavy atom. The highest BCUT2D eigenvalue weighted by Gasteiger charge is 2.28. The maximum atomic E-state index is 12.7. The zero-order chi connectivity index (χ0) is 27.2. The van der Waals surface area contributed by atoms with Gasteiger partial charge in [0.25, 0.3) is 5.91 Å². The highest BCUT2D eigenvalue weighted by molar-refractivity contribution is 8.00. The summed E-state index contributed by atoms with van der Waals surface area (Å²) in [6, 6.07) is 5.72. The SMILES string of the molecule is COCCn1c(=NC(=O)CSCC(=O)Nc2sc3c(c2C(=O)OC)CCC(C)C3)sc2cc(OC)ccc21. The Bertz CT molecular complexity index is 1410. The van der Waals surface area contributed by atoms with Crippen LogP contribution in [0.15, 0.2) is 23.2 Å². The van der Waals surface area contributed by atoms with Gasteiger partial charge in [0.1, 0.15) is 10.8 Å². The Morgan fingerprint density at radius 1 is 1.18 bits per heavy atom. The number of esters is 1. The van der Waals surface area contributed by atoms with Crippen LogP contribution >= 0.6 is 34.4 Å². The van der Waals surface area contributed by atoms with Crippen LogP contribution < -0.4 is 14.9 Å². The minimum absolute atomic E-state index is 0.0532. The van der Waals surface area contributed by atoms with E-state index in [1.807, 2.05) is 22.8 Å². The molecule has 3 aromatic rings. The van der Waals surface area contributed by atoms with Gasteiger partial charge in [-0.1, -0.05) is 18.3 Å². The number of carbonyl (C=O) groups is 3. The summed E-state index contributed by atoms with van der Waals surface area (Å²) >= 11 is 4.03. The molecule has 38 heavy (non-hydrogen) atoms. The molecule has 0 saturated carbocycles. The molecule has 0 bridgehead atoms.